The molecule has 0 atom stereocenters. The average Bonchev–Trinajstić information content (AvgIpc) is 2.55. The van der Waals surface area contributed by atoms with Crippen molar-refractivity contribution >= 4 is 18.0 Å². The molecule has 0 bridgehead atoms. The molecule has 0 unspecified atom stereocenters. The summed E-state index contributed by atoms with van der Waals surface area (Å²) < 4.78 is 31.7. The van der Waals surface area contributed by atoms with Crippen molar-refractivity contribution in [2.24, 2.45) is 0 Å². The topological polar surface area (TPSA) is 60.9 Å². The lowest BCUT2D eigenvalue weighted by Crippen LogP contribution is -2.52. The van der Waals surface area contributed by atoms with Gasteiger partial charge in [0.05, 0.1) is 6.54 Å². The van der Waals surface area contributed by atoms with Crippen molar-refractivity contribution in [2.45, 2.75) is 33.0 Å². The Morgan fingerprint density at radius 2 is 1.78 bits per heavy atom. The number of benzene rings is 1. The highest BCUT2D eigenvalue weighted by Crippen LogP contribution is 2.13. The monoisotopic (exact) mass is 386 g/mol. The molecule has 0 aliphatic carbocycles. The molecule has 0 aromatic heterocycles. The highest BCUT2D eigenvalue weighted by atomic mass is 19.4. The van der Waals surface area contributed by atoms with Crippen LogP contribution in [-0.2, 0) is 9.59 Å². The van der Waals surface area contributed by atoms with Crippen LogP contribution in [0.3, 0.4) is 0 Å². The van der Waals surface area contributed by atoms with Crippen LogP contribution in [0, 0.1) is 0 Å². The molecule has 8 heteroatoms. The smallest absolute Gasteiger partial charge is 0.475 e. The largest absolute Gasteiger partial charge is 0.490 e. The van der Waals surface area contributed by atoms with Crippen LogP contribution in [0.1, 0.15) is 26.3 Å². The molecule has 1 saturated heterocycles. The second-order valence-corrected chi connectivity index (χ2v) is 6.60. The molecule has 1 fully saturated rings. The first kappa shape index (κ1) is 22.7. The summed E-state index contributed by atoms with van der Waals surface area (Å²) in [7, 11) is 0. The van der Waals surface area contributed by atoms with Gasteiger partial charge < -0.3 is 10.0 Å². The number of rotatable bonds is 4. The van der Waals surface area contributed by atoms with Crippen molar-refractivity contribution in [1.82, 2.24) is 9.80 Å². The first-order chi connectivity index (χ1) is 12.5. The molecule has 1 aliphatic heterocycles. The number of aliphatic carboxylic acids is 1. The molecule has 1 aliphatic rings. The molecule has 1 aromatic rings. The molecule has 1 heterocycles. The third kappa shape index (κ3) is 8.25. The molecule has 2 rings (SSSR count). The van der Waals surface area contributed by atoms with Gasteiger partial charge >= 0.3 is 12.1 Å². The molecule has 1 N–H and O–H groups in total. The quantitative estimate of drug-likeness (QED) is 0.863. The maximum Gasteiger partial charge on any atom is 0.490 e. The number of carbonyl (C=O) groups is 2. The third-order valence-electron chi connectivity index (χ3n) is 3.89. The number of nitrogens with zero attached hydrogens (tertiary/aromatic N) is 2. The summed E-state index contributed by atoms with van der Waals surface area (Å²) in [4.78, 5) is 25.1. The summed E-state index contributed by atoms with van der Waals surface area (Å²) in [5.41, 5.74) is 2.51. The summed E-state index contributed by atoms with van der Waals surface area (Å²) in [6, 6.07) is 10.6. The summed E-state index contributed by atoms with van der Waals surface area (Å²) >= 11 is 0. The van der Waals surface area contributed by atoms with Gasteiger partial charge in [-0.2, -0.15) is 13.2 Å². The Kier molecular flexibility index (Phi) is 8.49. The summed E-state index contributed by atoms with van der Waals surface area (Å²) in [6.45, 7) is 9.50. The molecule has 0 radical (unpaired) electrons. The summed E-state index contributed by atoms with van der Waals surface area (Å²) in [6.07, 6.45) is -2.89. The molecule has 1 aromatic carbocycles. The molecule has 0 spiro atoms. The Labute approximate surface area is 157 Å². The number of amides is 1. The lowest BCUT2D eigenvalue weighted by molar-refractivity contribution is -0.192. The van der Waals surface area contributed by atoms with Crippen molar-refractivity contribution in [1.29, 1.82) is 0 Å². The van der Waals surface area contributed by atoms with E-state index in [9.17, 15) is 18.0 Å². The Morgan fingerprint density at radius 3 is 2.22 bits per heavy atom. The second-order valence-electron chi connectivity index (χ2n) is 6.60. The van der Waals surface area contributed by atoms with Gasteiger partial charge in [0.2, 0.25) is 5.91 Å². The van der Waals surface area contributed by atoms with Crippen LogP contribution in [-0.4, -0.2) is 65.2 Å². The van der Waals surface area contributed by atoms with Gasteiger partial charge in [0.15, 0.2) is 0 Å². The van der Waals surface area contributed by atoms with E-state index in [4.69, 9.17) is 9.90 Å². The fraction of sp³-hybridized carbons (Fsp3) is 0.474. The predicted molar refractivity (Wildman–Crippen MR) is 97.1 cm³/mol. The minimum Gasteiger partial charge on any atom is -0.475 e. The van der Waals surface area contributed by atoms with Crippen LogP contribution in [0.25, 0.3) is 6.08 Å². The Morgan fingerprint density at radius 1 is 1.22 bits per heavy atom. The third-order valence-corrected chi connectivity index (χ3v) is 3.89. The van der Waals surface area contributed by atoms with Crippen LogP contribution >= 0.6 is 0 Å². The highest BCUT2D eigenvalue weighted by Gasteiger charge is 2.38. The van der Waals surface area contributed by atoms with Crippen molar-refractivity contribution < 1.29 is 27.9 Å². The fourth-order valence-electron chi connectivity index (χ4n) is 2.65. The second kappa shape index (κ2) is 10.1. The van der Waals surface area contributed by atoms with E-state index in [0.717, 1.165) is 19.6 Å². The summed E-state index contributed by atoms with van der Waals surface area (Å²) in [5, 5.41) is 7.12. The van der Waals surface area contributed by atoms with Gasteiger partial charge in [0, 0.05) is 25.7 Å². The minimum absolute atomic E-state index is 0.249. The van der Waals surface area contributed by atoms with Gasteiger partial charge in [-0.25, -0.2) is 4.79 Å². The molecule has 27 heavy (non-hydrogen) atoms. The van der Waals surface area contributed by atoms with Gasteiger partial charge in [-0.1, -0.05) is 42.0 Å². The minimum atomic E-state index is -5.08. The van der Waals surface area contributed by atoms with E-state index in [2.05, 4.69) is 43.9 Å². The zero-order valence-corrected chi connectivity index (χ0v) is 15.7. The lowest BCUT2D eigenvalue weighted by atomic mass is 10.1. The first-order valence-electron chi connectivity index (χ1n) is 8.55. The van der Waals surface area contributed by atoms with E-state index in [1.54, 1.807) is 0 Å². The fourth-order valence-corrected chi connectivity index (χ4v) is 2.65. The predicted octanol–water partition coefficient (Wildman–Crippen LogP) is 3.28. The molecule has 150 valence electrons. The first-order valence-corrected chi connectivity index (χ1v) is 8.55. The van der Waals surface area contributed by atoms with Crippen molar-refractivity contribution in [2.75, 3.05) is 26.2 Å². The molecule has 0 saturated carbocycles. The molecule has 5 nitrogen and oxygen atoms in total. The van der Waals surface area contributed by atoms with Crippen LogP contribution in [0.15, 0.2) is 35.9 Å². The van der Waals surface area contributed by atoms with Gasteiger partial charge in [-0.3, -0.25) is 9.69 Å². The maximum atomic E-state index is 12.1. The number of piperazine rings is 1. The normalized spacial score (nSPS) is 16.2. The SMILES string of the molecule is C/C(=C\c1ccccc1)CN1CCN(C(C)C)C(=O)C1.O=C(O)C(F)(F)F. The van der Waals surface area contributed by atoms with Crippen LogP contribution < -0.4 is 0 Å². The number of carboxylic acids is 1. The van der Waals surface area contributed by atoms with E-state index in [0.29, 0.717) is 12.6 Å². The summed E-state index contributed by atoms with van der Waals surface area (Å²) in [5.74, 6) is -2.51. The van der Waals surface area contributed by atoms with Gasteiger partial charge in [-0.05, 0) is 26.3 Å². The van der Waals surface area contributed by atoms with Crippen LogP contribution in [0.5, 0.6) is 0 Å². The Balaban J connectivity index is 0.000000445. The molecular formula is C19H25F3N2O3. The highest BCUT2D eigenvalue weighted by molar-refractivity contribution is 5.79. The lowest BCUT2D eigenvalue weighted by Gasteiger charge is -2.36. The number of carboxylic acid groups (broad SMARTS) is 1. The number of alkyl halides is 3. The van der Waals surface area contributed by atoms with Crippen molar-refractivity contribution in [3.05, 3.63) is 41.5 Å². The zero-order chi connectivity index (χ0) is 20.6. The Bertz CT molecular complexity index is 658. The van der Waals surface area contributed by atoms with Gasteiger partial charge in [0.25, 0.3) is 0 Å². The van der Waals surface area contributed by atoms with Crippen LogP contribution in [0.2, 0.25) is 0 Å². The number of hydrogen-bond acceptors (Lipinski definition) is 3. The van der Waals surface area contributed by atoms with E-state index < -0.39 is 12.1 Å². The molecular weight excluding hydrogens is 361 g/mol. The van der Waals surface area contributed by atoms with Crippen molar-refractivity contribution in [3.63, 3.8) is 0 Å². The van der Waals surface area contributed by atoms with E-state index in [1.807, 2.05) is 23.1 Å². The number of carbonyl (C=O) groups excluding carboxylic acids is 1. The van der Waals surface area contributed by atoms with E-state index >= 15 is 0 Å². The molecule has 1 amide bonds. The van der Waals surface area contributed by atoms with Crippen LogP contribution in [0.4, 0.5) is 13.2 Å². The van der Waals surface area contributed by atoms with Gasteiger partial charge in [-0.15, -0.1) is 0 Å². The average molecular weight is 386 g/mol. The maximum absolute atomic E-state index is 12.1. The van der Waals surface area contributed by atoms with Gasteiger partial charge in [0.1, 0.15) is 0 Å². The van der Waals surface area contributed by atoms with E-state index in [1.165, 1.54) is 11.1 Å². The van der Waals surface area contributed by atoms with E-state index in [-0.39, 0.29) is 5.91 Å². The Hall–Kier alpha value is -2.35. The zero-order valence-electron chi connectivity index (χ0n) is 15.7. The standard InChI is InChI=1S/C17H24N2O.C2HF3O2/c1-14(2)19-10-9-18(13-17(19)20)12-15(3)11-16-7-5-4-6-8-16;3-2(4,5)1(6)7/h4-8,11,14H,9-10,12-13H2,1-3H3;(H,6,7)/b15-11+;. The number of halogens is 3. The van der Waals surface area contributed by atoms with Crippen molar-refractivity contribution in [3.8, 4) is 0 Å². The number of hydrogen-bond donors (Lipinski definition) is 1.